The molecule has 0 heterocycles. The fourth-order valence-electron chi connectivity index (χ4n) is 3.00. The lowest BCUT2D eigenvalue weighted by atomic mass is 9.89. The minimum Gasteiger partial charge on any atom is -0.478 e. The van der Waals surface area contributed by atoms with E-state index < -0.39 is 5.97 Å². The monoisotopic (exact) mass is 292 g/mol. The van der Waals surface area contributed by atoms with Crippen LogP contribution in [-0.4, -0.2) is 11.1 Å². The van der Waals surface area contributed by atoms with E-state index in [1.807, 2.05) is 37.3 Å². The molecule has 0 aromatic heterocycles. The quantitative estimate of drug-likeness (QED) is 0.668. The molecule has 2 heteroatoms. The van der Waals surface area contributed by atoms with Gasteiger partial charge >= 0.3 is 5.97 Å². The zero-order chi connectivity index (χ0) is 15.5. The molecule has 3 rings (SSSR count). The summed E-state index contributed by atoms with van der Waals surface area (Å²) in [4.78, 5) is 11.7. The third-order valence-corrected chi connectivity index (χ3v) is 4.28. The van der Waals surface area contributed by atoms with E-state index in [9.17, 15) is 9.90 Å². The molecular weight excluding hydrogens is 272 g/mol. The van der Waals surface area contributed by atoms with Crippen LogP contribution in [0.1, 0.15) is 40.7 Å². The Morgan fingerprint density at radius 2 is 1.68 bits per heavy atom. The number of aliphatic carboxylic acids is 1. The normalized spacial score (nSPS) is 14.5. The molecule has 0 fully saturated rings. The minimum atomic E-state index is -0.878. The van der Waals surface area contributed by atoms with E-state index in [0.717, 1.165) is 24.0 Å². The number of rotatable bonds is 3. The van der Waals surface area contributed by atoms with Crippen LogP contribution >= 0.6 is 0 Å². The summed E-state index contributed by atoms with van der Waals surface area (Å²) in [5.74, 6) is -0.878. The first-order valence-electron chi connectivity index (χ1n) is 7.77. The van der Waals surface area contributed by atoms with Gasteiger partial charge < -0.3 is 5.11 Å². The van der Waals surface area contributed by atoms with E-state index in [1.165, 1.54) is 29.5 Å². The fraction of sp³-hybridized carbons (Fsp3) is 0.250. The van der Waals surface area contributed by atoms with Crippen molar-refractivity contribution in [3.63, 3.8) is 0 Å². The predicted molar refractivity (Wildman–Crippen MR) is 89.8 cm³/mol. The van der Waals surface area contributed by atoms with E-state index in [-0.39, 0.29) is 0 Å². The molecule has 0 saturated heterocycles. The van der Waals surface area contributed by atoms with Crippen LogP contribution in [-0.2, 0) is 17.6 Å². The van der Waals surface area contributed by atoms with Gasteiger partial charge in [0.05, 0.1) is 5.57 Å². The molecule has 0 aliphatic heterocycles. The highest BCUT2D eigenvalue weighted by Crippen LogP contribution is 2.26. The molecule has 0 saturated carbocycles. The van der Waals surface area contributed by atoms with E-state index >= 15 is 0 Å². The Bertz CT molecular complexity index is 724. The summed E-state index contributed by atoms with van der Waals surface area (Å²) in [5, 5.41) is 9.58. The zero-order valence-electron chi connectivity index (χ0n) is 12.8. The first kappa shape index (κ1) is 14.6. The Morgan fingerprint density at radius 1 is 1.00 bits per heavy atom. The Morgan fingerprint density at radius 3 is 2.36 bits per heavy atom. The van der Waals surface area contributed by atoms with Crippen LogP contribution in [0.25, 0.3) is 11.6 Å². The van der Waals surface area contributed by atoms with Crippen LogP contribution in [0.15, 0.2) is 42.5 Å². The molecular formula is C20H20O2. The molecule has 0 spiro atoms. The minimum absolute atomic E-state index is 0.359. The predicted octanol–water partition coefficient (Wildman–Crippen LogP) is 4.50. The fourth-order valence-corrected chi connectivity index (χ4v) is 3.00. The molecule has 1 N–H and O–H groups in total. The Labute approximate surface area is 131 Å². The Balaban J connectivity index is 2.01. The topological polar surface area (TPSA) is 37.3 Å². The van der Waals surface area contributed by atoms with Crippen molar-refractivity contribution >= 4 is 17.6 Å². The zero-order valence-corrected chi connectivity index (χ0v) is 12.8. The maximum absolute atomic E-state index is 11.7. The second-order valence-corrected chi connectivity index (χ2v) is 5.96. The van der Waals surface area contributed by atoms with Crippen LogP contribution in [0.4, 0.5) is 0 Å². The van der Waals surface area contributed by atoms with Gasteiger partial charge in [0.2, 0.25) is 0 Å². The molecule has 2 aromatic rings. The third kappa shape index (κ3) is 3.11. The summed E-state index contributed by atoms with van der Waals surface area (Å²) in [7, 11) is 0. The molecule has 0 amide bonds. The molecule has 0 radical (unpaired) electrons. The van der Waals surface area contributed by atoms with Crippen LogP contribution in [0.3, 0.4) is 0 Å². The second-order valence-electron chi connectivity index (χ2n) is 5.96. The van der Waals surface area contributed by atoms with Crippen molar-refractivity contribution < 1.29 is 9.90 Å². The van der Waals surface area contributed by atoms with Crippen molar-refractivity contribution in [2.45, 2.75) is 32.6 Å². The first-order chi connectivity index (χ1) is 10.6. The number of carboxylic acids is 1. The summed E-state index contributed by atoms with van der Waals surface area (Å²) < 4.78 is 0. The molecule has 2 nitrogen and oxygen atoms in total. The van der Waals surface area contributed by atoms with Crippen molar-refractivity contribution in [2.24, 2.45) is 0 Å². The van der Waals surface area contributed by atoms with Gasteiger partial charge in [-0.3, -0.25) is 0 Å². The molecule has 1 aliphatic rings. The van der Waals surface area contributed by atoms with Crippen LogP contribution < -0.4 is 0 Å². The van der Waals surface area contributed by atoms with Crippen LogP contribution in [0.2, 0.25) is 0 Å². The van der Waals surface area contributed by atoms with E-state index in [4.69, 9.17) is 0 Å². The maximum atomic E-state index is 11.7. The van der Waals surface area contributed by atoms with Crippen molar-refractivity contribution in [2.75, 3.05) is 0 Å². The van der Waals surface area contributed by atoms with E-state index in [0.29, 0.717) is 5.57 Å². The molecule has 0 bridgehead atoms. The smallest absolute Gasteiger partial charge is 0.336 e. The molecule has 22 heavy (non-hydrogen) atoms. The summed E-state index contributed by atoms with van der Waals surface area (Å²) in [5.41, 5.74) is 5.92. The molecule has 0 atom stereocenters. The number of carbonyl (C=O) groups is 1. The van der Waals surface area contributed by atoms with Crippen molar-refractivity contribution in [3.05, 3.63) is 70.3 Å². The highest BCUT2D eigenvalue weighted by Gasteiger charge is 2.15. The van der Waals surface area contributed by atoms with Crippen molar-refractivity contribution in [1.29, 1.82) is 0 Å². The van der Waals surface area contributed by atoms with Gasteiger partial charge in [-0.2, -0.15) is 0 Å². The number of hydrogen-bond donors (Lipinski definition) is 1. The third-order valence-electron chi connectivity index (χ3n) is 4.28. The first-order valence-corrected chi connectivity index (χ1v) is 7.77. The van der Waals surface area contributed by atoms with E-state index in [1.54, 1.807) is 6.08 Å². The average Bonchev–Trinajstić information content (AvgIpc) is 2.53. The molecule has 0 unspecified atom stereocenters. The van der Waals surface area contributed by atoms with Gasteiger partial charge in [0.15, 0.2) is 0 Å². The van der Waals surface area contributed by atoms with Gasteiger partial charge in [-0.05, 0) is 60.9 Å². The SMILES string of the molecule is Cc1ccc(/C=C(\C(=O)O)c2ccc3c(c2)CCCC3)cc1. The van der Waals surface area contributed by atoms with Gasteiger partial charge in [-0.1, -0.05) is 48.0 Å². The average molecular weight is 292 g/mol. The van der Waals surface area contributed by atoms with Crippen LogP contribution in [0, 0.1) is 6.92 Å². The van der Waals surface area contributed by atoms with Gasteiger partial charge in [0.1, 0.15) is 0 Å². The largest absolute Gasteiger partial charge is 0.478 e. The second kappa shape index (κ2) is 6.18. The highest BCUT2D eigenvalue weighted by atomic mass is 16.4. The molecule has 2 aromatic carbocycles. The summed E-state index contributed by atoms with van der Waals surface area (Å²) >= 11 is 0. The summed E-state index contributed by atoms with van der Waals surface area (Å²) in [6.07, 6.45) is 6.35. The number of hydrogen-bond acceptors (Lipinski definition) is 1. The van der Waals surface area contributed by atoms with Crippen LogP contribution in [0.5, 0.6) is 0 Å². The highest BCUT2D eigenvalue weighted by molar-refractivity contribution is 6.20. The van der Waals surface area contributed by atoms with Gasteiger partial charge in [0.25, 0.3) is 0 Å². The Kier molecular flexibility index (Phi) is 4.10. The number of benzene rings is 2. The Hall–Kier alpha value is -2.35. The van der Waals surface area contributed by atoms with Crippen molar-refractivity contribution in [3.8, 4) is 0 Å². The lowest BCUT2D eigenvalue weighted by Gasteiger charge is -2.16. The number of aryl methyl sites for hydroxylation is 3. The van der Waals surface area contributed by atoms with Crippen molar-refractivity contribution in [1.82, 2.24) is 0 Å². The lowest BCUT2D eigenvalue weighted by Crippen LogP contribution is -2.05. The summed E-state index contributed by atoms with van der Waals surface area (Å²) in [6, 6.07) is 14.0. The number of fused-ring (bicyclic) bond motifs is 1. The molecule has 112 valence electrons. The van der Waals surface area contributed by atoms with Gasteiger partial charge in [-0.25, -0.2) is 4.79 Å². The number of carboxylic acid groups (broad SMARTS) is 1. The van der Waals surface area contributed by atoms with Gasteiger partial charge in [-0.15, -0.1) is 0 Å². The lowest BCUT2D eigenvalue weighted by molar-refractivity contribution is -0.130. The summed E-state index contributed by atoms with van der Waals surface area (Å²) in [6.45, 7) is 2.02. The maximum Gasteiger partial charge on any atom is 0.336 e. The standard InChI is InChI=1S/C20H20O2/c1-14-6-8-15(9-7-14)12-19(20(21)22)18-11-10-16-4-2-3-5-17(16)13-18/h6-13H,2-5H2,1H3,(H,21,22)/b19-12-. The van der Waals surface area contributed by atoms with E-state index in [2.05, 4.69) is 12.1 Å². The molecule has 1 aliphatic carbocycles. The van der Waals surface area contributed by atoms with Gasteiger partial charge in [0, 0.05) is 0 Å².